The number of hydrogen-bond acceptors (Lipinski definition) is 2. The largest absolute Gasteiger partial charge is 0.404 e. The second-order valence-corrected chi connectivity index (χ2v) is 11.6. The summed E-state index contributed by atoms with van der Waals surface area (Å²) < 4.78 is 34.6. The Balaban J connectivity index is 3.26. The van der Waals surface area contributed by atoms with Crippen LogP contribution in [-0.2, 0) is 9.22 Å². The zero-order valence-corrected chi connectivity index (χ0v) is 14.5. The summed E-state index contributed by atoms with van der Waals surface area (Å²) in [5.74, 6) is -4.70. The van der Waals surface area contributed by atoms with Crippen molar-refractivity contribution in [2.75, 3.05) is 0 Å². The van der Waals surface area contributed by atoms with Crippen LogP contribution in [0, 0.1) is 0 Å². The molecule has 1 unspecified atom stereocenters. The van der Waals surface area contributed by atoms with Gasteiger partial charge in [0, 0.05) is 6.92 Å². The molecule has 2 nitrogen and oxygen atoms in total. The van der Waals surface area contributed by atoms with E-state index in [1.54, 1.807) is 30.3 Å². The smallest absolute Gasteiger partial charge is 0.333 e. The molecule has 0 aliphatic heterocycles. The predicted octanol–water partition coefficient (Wildman–Crippen LogP) is 4.97. The molecular formula is C16H24F2O2Si. The van der Waals surface area contributed by atoms with Crippen LogP contribution in [0.4, 0.5) is 8.78 Å². The normalized spacial score (nSPS) is 14.9. The summed E-state index contributed by atoms with van der Waals surface area (Å²) in [5.41, 5.74) is 0.336. The van der Waals surface area contributed by atoms with E-state index in [2.05, 4.69) is 0 Å². The molecule has 21 heavy (non-hydrogen) atoms. The summed E-state index contributed by atoms with van der Waals surface area (Å²) in [6.07, 6.45) is -1.53. The first-order valence-electron chi connectivity index (χ1n) is 7.01. The van der Waals surface area contributed by atoms with Gasteiger partial charge in [0.15, 0.2) is 8.32 Å². The topological polar surface area (TPSA) is 26.3 Å². The Morgan fingerprint density at radius 1 is 1.14 bits per heavy atom. The van der Waals surface area contributed by atoms with Crippen LogP contribution in [0.1, 0.15) is 39.4 Å². The number of ketones is 1. The molecule has 0 N–H and O–H groups in total. The van der Waals surface area contributed by atoms with Gasteiger partial charge in [0.1, 0.15) is 6.10 Å². The molecule has 5 heteroatoms. The van der Waals surface area contributed by atoms with E-state index in [9.17, 15) is 13.6 Å². The highest BCUT2D eigenvalue weighted by Gasteiger charge is 2.50. The molecule has 0 aliphatic carbocycles. The Bertz CT molecular complexity index is 493. The third-order valence-corrected chi connectivity index (χ3v) is 8.56. The van der Waals surface area contributed by atoms with Crippen molar-refractivity contribution in [3.8, 4) is 0 Å². The Kier molecular flexibility index (Phi) is 5.11. The summed E-state index contributed by atoms with van der Waals surface area (Å²) in [5, 5.41) is -0.215. The number of alkyl halides is 2. The van der Waals surface area contributed by atoms with E-state index in [0.717, 1.165) is 6.92 Å². The van der Waals surface area contributed by atoms with Gasteiger partial charge < -0.3 is 4.43 Å². The summed E-state index contributed by atoms with van der Waals surface area (Å²) in [6.45, 7) is 10.6. The van der Waals surface area contributed by atoms with Gasteiger partial charge in [0.2, 0.25) is 5.78 Å². The van der Waals surface area contributed by atoms with Crippen LogP contribution in [0.15, 0.2) is 30.3 Å². The van der Waals surface area contributed by atoms with Crippen LogP contribution in [0.2, 0.25) is 18.1 Å². The molecule has 0 saturated heterocycles. The van der Waals surface area contributed by atoms with E-state index in [1.165, 1.54) is 0 Å². The van der Waals surface area contributed by atoms with Crippen molar-refractivity contribution in [3.05, 3.63) is 35.9 Å². The van der Waals surface area contributed by atoms with E-state index >= 15 is 0 Å². The van der Waals surface area contributed by atoms with Crippen molar-refractivity contribution < 1.29 is 18.0 Å². The summed E-state index contributed by atoms with van der Waals surface area (Å²) in [4.78, 5) is 11.4. The van der Waals surface area contributed by atoms with E-state index in [1.807, 2.05) is 33.9 Å². The molecule has 1 rings (SSSR count). The van der Waals surface area contributed by atoms with Gasteiger partial charge in [-0.15, -0.1) is 0 Å². The first-order chi connectivity index (χ1) is 9.39. The zero-order valence-electron chi connectivity index (χ0n) is 13.5. The fraction of sp³-hybridized carbons (Fsp3) is 0.562. The Hall–Kier alpha value is -1.07. The van der Waals surface area contributed by atoms with Crippen LogP contribution >= 0.6 is 0 Å². The van der Waals surface area contributed by atoms with Crippen LogP contribution in [0.3, 0.4) is 0 Å². The maximum absolute atomic E-state index is 14.4. The standard InChI is InChI=1S/C16H24F2O2Si/c1-12(19)16(17,18)14(13-10-8-7-9-11-13)20-21(5,6)15(2,3)4/h7-11,14H,1-6H3. The lowest BCUT2D eigenvalue weighted by atomic mass is 10.0. The minimum Gasteiger partial charge on any atom is -0.404 e. The number of halogens is 2. The molecule has 0 heterocycles. The summed E-state index contributed by atoms with van der Waals surface area (Å²) >= 11 is 0. The highest BCUT2D eigenvalue weighted by atomic mass is 28.4. The minimum absolute atomic E-state index is 0.215. The molecule has 0 aromatic heterocycles. The van der Waals surface area contributed by atoms with Crippen molar-refractivity contribution in [2.45, 2.75) is 57.9 Å². The number of Topliss-reactive ketones (excluding diaryl/α,β-unsaturated/α-hetero) is 1. The first-order valence-corrected chi connectivity index (χ1v) is 9.92. The molecule has 1 aromatic carbocycles. The van der Waals surface area contributed by atoms with E-state index in [-0.39, 0.29) is 5.04 Å². The molecule has 0 spiro atoms. The molecule has 0 aliphatic rings. The summed E-state index contributed by atoms with van der Waals surface area (Å²) in [6, 6.07) is 8.25. The highest BCUT2D eigenvalue weighted by Crippen LogP contribution is 2.44. The van der Waals surface area contributed by atoms with E-state index in [4.69, 9.17) is 4.43 Å². The fourth-order valence-electron chi connectivity index (χ4n) is 1.64. The highest BCUT2D eigenvalue weighted by molar-refractivity contribution is 6.74. The second kappa shape index (κ2) is 5.97. The lowest BCUT2D eigenvalue weighted by molar-refractivity contribution is -0.157. The Labute approximate surface area is 126 Å². The second-order valence-electron chi connectivity index (χ2n) is 6.85. The number of carbonyl (C=O) groups excluding carboxylic acids is 1. The van der Waals surface area contributed by atoms with Crippen LogP contribution in [-0.4, -0.2) is 20.0 Å². The van der Waals surface area contributed by atoms with Crippen LogP contribution < -0.4 is 0 Å². The van der Waals surface area contributed by atoms with E-state index in [0.29, 0.717) is 5.56 Å². The van der Waals surface area contributed by atoms with Crippen molar-refractivity contribution in [3.63, 3.8) is 0 Å². The van der Waals surface area contributed by atoms with Gasteiger partial charge in [-0.2, -0.15) is 8.78 Å². The maximum Gasteiger partial charge on any atom is 0.333 e. The van der Waals surface area contributed by atoms with Crippen molar-refractivity contribution >= 4 is 14.1 Å². The van der Waals surface area contributed by atoms with Crippen molar-refractivity contribution in [1.29, 1.82) is 0 Å². The number of benzene rings is 1. The summed E-state index contributed by atoms with van der Waals surface area (Å²) in [7, 11) is -2.44. The molecule has 0 radical (unpaired) electrons. The fourth-order valence-corrected chi connectivity index (χ4v) is 2.86. The van der Waals surface area contributed by atoms with Crippen LogP contribution in [0.25, 0.3) is 0 Å². The number of carbonyl (C=O) groups is 1. The average Bonchev–Trinajstić information content (AvgIpc) is 2.35. The molecule has 0 saturated carbocycles. The van der Waals surface area contributed by atoms with Gasteiger partial charge in [-0.1, -0.05) is 51.1 Å². The zero-order chi connectivity index (χ0) is 16.5. The Morgan fingerprint density at radius 3 is 2.00 bits per heavy atom. The lowest BCUT2D eigenvalue weighted by Crippen LogP contribution is -2.47. The van der Waals surface area contributed by atoms with Gasteiger partial charge >= 0.3 is 5.92 Å². The third kappa shape index (κ3) is 3.98. The molecule has 118 valence electrons. The van der Waals surface area contributed by atoms with Crippen molar-refractivity contribution in [1.82, 2.24) is 0 Å². The minimum atomic E-state index is -3.53. The predicted molar refractivity (Wildman–Crippen MR) is 83.1 cm³/mol. The number of hydrogen-bond donors (Lipinski definition) is 0. The Morgan fingerprint density at radius 2 is 1.62 bits per heavy atom. The van der Waals surface area contributed by atoms with Gasteiger partial charge in [-0.05, 0) is 23.7 Å². The number of rotatable bonds is 5. The molecule has 0 fully saturated rings. The first kappa shape index (κ1) is 18.0. The van der Waals surface area contributed by atoms with Gasteiger partial charge in [-0.3, -0.25) is 4.79 Å². The quantitative estimate of drug-likeness (QED) is 0.717. The third-order valence-electron chi connectivity index (χ3n) is 4.12. The van der Waals surface area contributed by atoms with E-state index < -0.39 is 26.1 Å². The van der Waals surface area contributed by atoms with Crippen molar-refractivity contribution in [2.24, 2.45) is 0 Å². The molecule has 0 bridgehead atoms. The molecular weight excluding hydrogens is 290 g/mol. The van der Waals surface area contributed by atoms with Gasteiger partial charge in [0.25, 0.3) is 0 Å². The molecule has 0 amide bonds. The maximum atomic E-state index is 14.4. The van der Waals surface area contributed by atoms with Gasteiger partial charge in [-0.25, -0.2) is 0 Å². The lowest BCUT2D eigenvalue weighted by Gasteiger charge is -2.40. The SMILES string of the molecule is CC(=O)C(F)(F)C(O[Si](C)(C)C(C)(C)C)c1ccccc1. The molecule has 1 atom stereocenters. The van der Waals surface area contributed by atoms with Crippen LogP contribution in [0.5, 0.6) is 0 Å². The van der Waals surface area contributed by atoms with Gasteiger partial charge in [0.05, 0.1) is 0 Å². The monoisotopic (exact) mass is 314 g/mol. The molecule has 1 aromatic rings. The average molecular weight is 314 g/mol.